The minimum Gasteiger partial charge on any atom is -0.457 e. The van der Waals surface area contributed by atoms with Gasteiger partial charge in [-0.05, 0) is 43.5 Å². The number of non-ortho nitro benzene ring substituents is 1. The summed E-state index contributed by atoms with van der Waals surface area (Å²) in [6.45, 7) is 7.90. The van der Waals surface area contributed by atoms with Crippen LogP contribution in [0.2, 0.25) is 5.02 Å². The number of hydrogen-bond acceptors (Lipinski definition) is 5. The highest BCUT2D eigenvalue weighted by molar-refractivity contribution is 6.30. The van der Waals surface area contributed by atoms with Crippen LogP contribution in [0.3, 0.4) is 0 Å². The first-order valence-electron chi connectivity index (χ1n) is 9.66. The molecule has 0 saturated heterocycles. The smallest absolute Gasteiger partial charge is 0.275 e. The fourth-order valence-electron chi connectivity index (χ4n) is 3.12. The van der Waals surface area contributed by atoms with Crippen LogP contribution in [0.5, 0.6) is 11.5 Å². The molecule has 0 aliphatic rings. The Labute approximate surface area is 184 Å². The van der Waals surface area contributed by atoms with Gasteiger partial charge in [-0.15, -0.1) is 0 Å². The number of nitro groups is 1. The fraction of sp³-hybridized carbons (Fsp3) is 0.273. The van der Waals surface area contributed by atoms with E-state index in [0.29, 0.717) is 17.3 Å². The van der Waals surface area contributed by atoms with E-state index in [1.54, 1.807) is 23.9 Å². The van der Waals surface area contributed by atoms with Crippen molar-refractivity contribution in [2.45, 2.75) is 34.2 Å². The molecule has 0 aliphatic carbocycles. The Kier molecular flexibility index (Phi) is 6.60. The van der Waals surface area contributed by atoms with Crippen molar-refractivity contribution >= 4 is 28.9 Å². The summed E-state index contributed by atoms with van der Waals surface area (Å²) in [7, 11) is 0. The first kappa shape index (κ1) is 22.3. The Hall–Kier alpha value is -3.39. The molecule has 0 spiro atoms. The van der Waals surface area contributed by atoms with Gasteiger partial charge in [0.1, 0.15) is 11.5 Å². The Morgan fingerprint density at radius 1 is 1.26 bits per heavy atom. The average molecular weight is 443 g/mol. The number of rotatable bonds is 7. The lowest BCUT2D eigenvalue weighted by Gasteiger charge is -2.15. The van der Waals surface area contributed by atoms with Crippen LogP contribution in [-0.2, 0) is 11.3 Å². The summed E-state index contributed by atoms with van der Waals surface area (Å²) in [5.74, 6) is 0.130. The van der Waals surface area contributed by atoms with Crippen LogP contribution >= 0.6 is 11.6 Å². The minimum atomic E-state index is -0.522. The molecular formula is C22H23ClN4O4. The van der Waals surface area contributed by atoms with Crippen molar-refractivity contribution in [3.8, 4) is 11.5 Å². The van der Waals surface area contributed by atoms with E-state index in [4.69, 9.17) is 16.3 Å². The van der Waals surface area contributed by atoms with E-state index >= 15 is 0 Å². The van der Waals surface area contributed by atoms with E-state index in [9.17, 15) is 14.9 Å². The number of halogens is 1. The van der Waals surface area contributed by atoms with Crippen LogP contribution < -0.4 is 10.1 Å². The summed E-state index contributed by atoms with van der Waals surface area (Å²) in [5.41, 5.74) is 3.11. The lowest BCUT2D eigenvalue weighted by Crippen LogP contribution is -2.24. The van der Waals surface area contributed by atoms with Crippen molar-refractivity contribution in [3.05, 3.63) is 74.6 Å². The molecule has 1 unspecified atom stereocenters. The van der Waals surface area contributed by atoms with E-state index in [2.05, 4.69) is 10.4 Å². The summed E-state index contributed by atoms with van der Waals surface area (Å²) in [4.78, 5) is 23.5. The molecule has 162 valence electrons. The maximum atomic E-state index is 12.6. The Balaban J connectivity index is 1.83. The van der Waals surface area contributed by atoms with Gasteiger partial charge in [0.15, 0.2) is 0 Å². The van der Waals surface area contributed by atoms with Gasteiger partial charge in [-0.25, -0.2) is 0 Å². The lowest BCUT2D eigenvalue weighted by molar-refractivity contribution is -0.384. The normalized spacial score (nSPS) is 11.8. The maximum Gasteiger partial charge on any atom is 0.275 e. The molecule has 3 aromatic rings. The van der Waals surface area contributed by atoms with Crippen LogP contribution in [0.1, 0.15) is 23.6 Å². The van der Waals surface area contributed by atoms with Gasteiger partial charge in [-0.2, -0.15) is 5.10 Å². The Morgan fingerprint density at radius 3 is 2.65 bits per heavy atom. The Morgan fingerprint density at radius 2 is 2.00 bits per heavy atom. The number of nitro benzene ring substituents is 1. The van der Waals surface area contributed by atoms with Crippen molar-refractivity contribution in [1.29, 1.82) is 0 Å². The van der Waals surface area contributed by atoms with Crippen molar-refractivity contribution in [1.82, 2.24) is 9.78 Å². The third kappa shape index (κ3) is 5.61. The summed E-state index contributed by atoms with van der Waals surface area (Å²) >= 11 is 5.85. The highest BCUT2D eigenvalue weighted by Crippen LogP contribution is 2.33. The van der Waals surface area contributed by atoms with E-state index < -0.39 is 10.8 Å². The molecule has 0 fully saturated rings. The van der Waals surface area contributed by atoms with Crippen LogP contribution in [0.4, 0.5) is 11.4 Å². The number of hydrogen-bond donors (Lipinski definition) is 1. The zero-order valence-corrected chi connectivity index (χ0v) is 18.4. The molecule has 0 radical (unpaired) electrons. The molecule has 1 amide bonds. The zero-order valence-electron chi connectivity index (χ0n) is 17.7. The summed E-state index contributed by atoms with van der Waals surface area (Å²) in [6.07, 6.45) is 3.11. The summed E-state index contributed by atoms with van der Waals surface area (Å²) < 4.78 is 7.53. The molecule has 8 nitrogen and oxygen atoms in total. The highest BCUT2D eigenvalue weighted by atomic mass is 35.5. The van der Waals surface area contributed by atoms with Gasteiger partial charge < -0.3 is 10.1 Å². The van der Waals surface area contributed by atoms with Crippen molar-refractivity contribution < 1.29 is 14.5 Å². The molecule has 2 aromatic carbocycles. The Bertz CT molecular complexity index is 1140. The third-order valence-corrected chi connectivity index (χ3v) is 5.07. The predicted octanol–water partition coefficient (Wildman–Crippen LogP) is 5.44. The van der Waals surface area contributed by atoms with Crippen LogP contribution in [0.25, 0.3) is 0 Å². The van der Waals surface area contributed by atoms with Crippen molar-refractivity contribution in [3.63, 3.8) is 0 Å². The molecule has 1 heterocycles. The van der Waals surface area contributed by atoms with Gasteiger partial charge in [0, 0.05) is 18.3 Å². The van der Waals surface area contributed by atoms with Gasteiger partial charge in [0.05, 0.1) is 40.4 Å². The molecule has 3 rings (SSSR count). The molecule has 0 aliphatic heterocycles. The first-order valence-corrected chi connectivity index (χ1v) is 10.0. The number of ether oxygens (including phenoxy) is 1. The molecule has 31 heavy (non-hydrogen) atoms. The predicted molar refractivity (Wildman–Crippen MR) is 119 cm³/mol. The lowest BCUT2D eigenvalue weighted by atomic mass is 10.1. The number of nitrogens with zero attached hydrogens (tertiary/aromatic N) is 3. The minimum absolute atomic E-state index is 0.179. The van der Waals surface area contributed by atoms with Crippen LogP contribution in [-0.4, -0.2) is 20.6 Å². The number of anilines is 1. The molecule has 0 bridgehead atoms. The fourth-order valence-corrected chi connectivity index (χ4v) is 3.28. The second kappa shape index (κ2) is 9.18. The second-order valence-corrected chi connectivity index (χ2v) is 7.99. The van der Waals surface area contributed by atoms with E-state index in [1.807, 2.05) is 32.9 Å². The van der Waals surface area contributed by atoms with E-state index in [-0.39, 0.29) is 23.0 Å². The van der Waals surface area contributed by atoms with E-state index in [0.717, 1.165) is 16.7 Å². The summed E-state index contributed by atoms with van der Waals surface area (Å²) in [6, 6.07) is 8.12. The monoisotopic (exact) mass is 442 g/mol. The number of carbonyl (C=O) groups is 1. The summed E-state index contributed by atoms with van der Waals surface area (Å²) in [5, 5.41) is 18.7. The molecular weight excluding hydrogens is 420 g/mol. The van der Waals surface area contributed by atoms with Crippen LogP contribution in [0, 0.1) is 36.8 Å². The molecule has 9 heteroatoms. The average Bonchev–Trinajstić information content (AvgIpc) is 3.10. The number of benzene rings is 2. The van der Waals surface area contributed by atoms with Gasteiger partial charge in [0.2, 0.25) is 5.91 Å². The molecule has 1 aromatic heterocycles. The third-order valence-electron chi connectivity index (χ3n) is 4.87. The number of aryl methyl sites for hydroxylation is 2. The SMILES string of the molecule is Cc1cc(C)c(C)c(Oc2cc(NC(=O)C(C)Cn3cc(Cl)cn3)cc([N+](=O)[O-])c2)c1. The largest absolute Gasteiger partial charge is 0.457 e. The topological polar surface area (TPSA) is 99.3 Å². The van der Waals surface area contributed by atoms with Crippen molar-refractivity contribution in [2.75, 3.05) is 5.32 Å². The first-order chi connectivity index (χ1) is 14.6. The maximum absolute atomic E-state index is 12.6. The highest BCUT2D eigenvalue weighted by Gasteiger charge is 2.18. The van der Waals surface area contributed by atoms with Gasteiger partial charge in [-0.3, -0.25) is 19.6 Å². The quantitative estimate of drug-likeness (QED) is 0.388. The number of nitrogens with one attached hydrogen (secondary N) is 1. The zero-order chi connectivity index (χ0) is 22.7. The number of amides is 1. The van der Waals surface area contributed by atoms with Crippen LogP contribution in [0.15, 0.2) is 42.7 Å². The number of carbonyl (C=O) groups excluding carboxylic acids is 1. The van der Waals surface area contributed by atoms with Gasteiger partial charge in [0.25, 0.3) is 5.69 Å². The molecule has 1 N–H and O–H groups in total. The van der Waals surface area contributed by atoms with E-state index in [1.165, 1.54) is 18.3 Å². The standard InChI is InChI=1S/C22H23ClN4O4/c1-13-5-14(2)16(4)21(6-13)31-20-8-18(7-19(9-20)27(29)30)25-22(28)15(3)11-26-12-17(23)10-24-26/h5-10,12,15H,11H2,1-4H3,(H,25,28). The van der Waals surface area contributed by atoms with Gasteiger partial charge in [-0.1, -0.05) is 24.6 Å². The second-order valence-electron chi connectivity index (χ2n) is 7.55. The number of aromatic nitrogens is 2. The molecule has 1 atom stereocenters. The molecule has 0 saturated carbocycles. The van der Waals surface area contributed by atoms with Crippen molar-refractivity contribution in [2.24, 2.45) is 5.92 Å². The van der Waals surface area contributed by atoms with Gasteiger partial charge >= 0.3 is 0 Å².